The first kappa shape index (κ1) is 19.3. The summed E-state index contributed by atoms with van der Waals surface area (Å²) in [4.78, 5) is 0.0296. The molecule has 1 saturated heterocycles. The van der Waals surface area contributed by atoms with Gasteiger partial charge >= 0.3 is 0 Å². The molecule has 1 heterocycles. The quantitative estimate of drug-likeness (QED) is 0.679. The summed E-state index contributed by atoms with van der Waals surface area (Å²) in [5, 5.41) is 0. The Kier molecular flexibility index (Phi) is 5.40. The molecule has 1 aliphatic rings. The van der Waals surface area contributed by atoms with E-state index in [1.165, 1.54) is 32.9 Å². The van der Waals surface area contributed by atoms with Gasteiger partial charge in [0.25, 0.3) is 0 Å². The second kappa shape index (κ2) is 6.71. The Hall–Kier alpha value is -1.01. The third-order valence-electron chi connectivity index (χ3n) is 3.85. The van der Waals surface area contributed by atoms with Crippen molar-refractivity contribution in [2.24, 2.45) is 0 Å². The minimum atomic E-state index is -3.78. The molecule has 0 N–H and O–H groups in total. The fourth-order valence-electron chi connectivity index (χ4n) is 2.38. The average Bonchev–Trinajstić information content (AvgIpc) is 2.54. The SMILES string of the molecule is CCS(=O)(=O)N1CCN(S(=O)(=O)c2ccc(S(C)(=O)=O)cc2)CC1. The van der Waals surface area contributed by atoms with Crippen LogP contribution in [0.4, 0.5) is 0 Å². The minimum Gasteiger partial charge on any atom is -0.224 e. The summed E-state index contributed by atoms with van der Waals surface area (Å²) in [6, 6.07) is 5.00. The largest absolute Gasteiger partial charge is 0.243 e. The summed E-state index contributed by atoms with van der Waals surface area (Å²) < 4.78 is 74.2. The van der Waals surface area contributed by atoms with Gasteiger partial charge in [0.05, 0.1) is 15.5 Å². The van der Waals surface area contributed by atoms with E-state index in [0.717, 1.165) is 6.26 Å². The lowest BCUT2D eigenvalue weighted by molar-refractivity contribution is 0.273. The van der Waals surface area contributed by atoms with E-state index in [0.29, 0.717) is 0 Å². The zero-order valence-corrected chi connectivity index (χ0v) is 15.9. The highest BCUT2D eigenvalue weighted by Crippen LogP contribution is 2.20. The maximum Gasteiger partial charge on any atom is 0.243 e. The van der Waals surface area contributed by atoms with Crippen molar-refractivity contribution in [3.8, 4) is 0 Å². The number of nitrogens with zero attached hydrogens (tertiary/aromatic N) is 2. The van der Waals surface area contributed by atoms with Crippen LogP contribution in [-0.4, -0.2) is 72.1 Å². The highest BCUT2D eigenvalue weighted by atomic mass is 32.2. The maximum atomic E-state index is 12.6. The molecule has 0 aromatic heterocycles. The maximum absolute atomic E-state index is 12.6. The van der Waals surface area contributed by atoms with Gasteiger partial charge in [-0.15, -0.1) is 0 Å². The van der Waals surface area contributed by atoms with Crippen LogP contribution in [0.3, 0.4) is 0 Å². The molecule has 1 aromatic carbocycles. The van der Waals surface area contributed by atoms with E-state index in [9.17, 15) is 25.3 Å². The Bertz CT molecular complexity index is 897. The molecule has 8 nitrogen and oxygen atoms in total. The fraction of sp³-hybridized carbons (Fsp3) is 0.538. The van der Waals surface area contributed by atoms with Crippen LogP contribution in [0.25, 0.3) is 0 Å². The number of rotatable bonds is 5. The molecule has 1 aromatic rings. The summed E-state index contributed by atoms with van der Waals surface area (Å²) in [6.07, 6.45) is 1.05. The topological polar surface area (TPSA) is 109 Å². The first-order valence-electron chi connectivity index (χ1n) is 7.26. The first-order valence-corrected chi connectivity index (χ1v) is 12.2. The highest BCUT2D eigenvalue weighted by Gasteiger charge is 2.32. The van der Waals surface area contributed by atoms with Gasteiger partial charge < -0.3 is 0 Å². The summed E-state index contributed by atoms with van der Waals surface area (Å²) in [6.45, 7) is 1.89. The molecule has 0 spiro atoms. The third-order valence-corrected chi connectivity index (χ3v) is 8.77. The van der Waals surface area contributed by atoms with E-state index >= 15 is 0 Å². The van der Waals surface area contributed by atoms with Crippen molar-refractivity contribution in [3.63, 3.8) is 0 Å². The summed E-state index contributed by atoms with van der Waals surface area (Å²) in [5.41, 5.74) is 0. The van der Waals surface area contributed by atoms with Crippen molar-refractivity contribution < 1.29 is 25.3 Å². The van der Waals surface area contributed by atoms with E-state index in [4.69, 9.17) is 0 Å². The van der Waals surface area contributed by atoms with Gasteiger partial charge in [-0.3, -0.25) is 0 Å². The van der Waals surface area contributed by atoms with Crippen molar-refractivity contribution in [1.29, 1.82) is 0 Å². The van der Waals surface area contributed by atoms with Crippen LogP contribution in [0, 0.1) is 0 Å². The molecule has 0 aliphatic carbocycles. The van der Waals surface area contributed by atoms with Gasteiger partial charge in [0.2, 0.25) is 20.0 Å². The minimum absolute atomic E-state index is 0.0123. The second-order valence-electron chi connectivity index (χ2n) is 5.45. The molecule has 136 valence electrons. The second-order valence-corrected chi connectivity index (χ2v) is 11.7. The van der Waals surface area contributed by atoms with Crippen molar-refractivity contribution >= 4 is 29.9 Å². The molecular weight excluding hydrogens is 376 g/mol. The van der Waals surface area contributed by atoms with Gasteiger partial charge in [0.1, 0.15) is 0 Å². The normalized spacial score (nSPS) is 18.6. The summed E-state index contributed by atoms with van der Waals surface area (Å²) >= 11 is 0. The number of piperazine rings is 1. The van der Waals surface area contributed by atoms with Gasteiger partial charge in [0, 0.05) is 32.4 Å². The van der Waals surface area contributed by atoms with Crippen LogP contribution in [-0.2, 0) is 29.9 Å². The molecule has 0 unspecified atom stereocenters. The van der Waals surface area contributed by atoms with E-state index in [2.05, 4.69) is 0 Å². The van der Waals surface area contributed by atoms with Gasteiger partial charge in [-0.05, 0) is 31.2 Å². The van der Waals surface area contributed by atoms with Gasteiger partial charge in [-0.2, -0.15) is 8.61 Å². The Balaban J connectivity index is 2.18. The molecule has 0 radical (unpaired) electrons. The van der Waals surface area contributed by atoms with Crippen molar-refractivity contribution in [1.82, 2.24) is 8.61 Å². The number of benzene rings is 1. The number of hydrogen-bond donors (Lipinski definition) is 0. The Morgan fingerprint density at radius 2 is 1.21 bits per heavy atom. The van der Waals surface area contributed by atoms with Gasteiger partial charge in [0.15, 0.2) is 9.84 Å². The molecule has 2 rings (SSSR count). The molecule has 0 atom stereocenters. The van der Waals surface area contributed by atoms with Crippen molar-refractivity contribution in [2.75, 3.05) is 38.2 Å². The Morgan fingerprint density at radius 1 is 0.792 bits per heavy atom. The van der Waals surface area contributed by atoms with E-state index in [-0.39, 0.29) is 41.7 Å². The van der Waals surface area contributed by atoms with Crippen LogP contribution in [0.2, 0.25) is 0 Å². The zero-order valence-electron chi connectivity index (χ0n) is 13.4. The number of sulfone groups is 1. The molecule has 1 fully saturated rings. The lowest BCUT2D eigenvalue weighted by Gasteiger charge is -2.33. The van der Waals surface area contributed by atoms with Crippen molar-refractivity contribution in [3.05, 3.63) is 24.3 Å². The van der Waals surface area contributed by atoms with Crippen LogP contribution < -0.4 is 0 Å². The fourth-order valence-corrected chi connectivity index (χ4v) is 5.52. The number of sulfonamides is 2. The Labute approximate surface area is 143 Å². The standard InChI is InChI=1S/C13H20N2O6S3/c1-3-23(18,19)14-8-10-15(11-9-14)24(20,21)13-6-4-12(5-7-13)22(2,16)17/h4-7H,3,8-11H2,1-2H3. The molecule has 0 amide bonds. The monoisotopic (exact) mass is 396 g/mol. The highest BCUT2D eigenvalue weighted by molar-refractivity contribution is 7.91. The Morgan fingerprint density at radius 3 is 1.62 bits per heavy atom. The molecule has 0 bridgehead atoms. The molecule has 0 saturated carbocycles. The van der Waals surface area contributed by atoms with E-state index in [1.807, 2.05) is 0 Å². The van der Waals surface area contributed by atoms with E-state index in [1.54, 1.807) is 6.92 Å². The number of hydrogen-bond acceptors (Lipinski definition) is 6. The lowest BCUT2D eigenvalue weighted by Crippen LogP contribution is -2.50. The first-order chi connectivity index (χ1) is 11.0. The van der Waals surface area contributed by atoms with Gasteiger partial charge in [-0.25, -0.2) is 25.3 Å². The summed E-state index contributed by atoms with van der Waals surface area (Å²) in [5.74, 6) is -0.0211. The average molecular weight is 397 g/mol. The van der Waals surface area contributed by atoms with Crippen molar-refractivity contribution in [2.45, 2.75) is 16.7 Å². The van der Waals surface area contributed by atoms with E-state index < -0.39 is 29.9 Å². The predicted molar refractivity (Wildman–Crippen MR) is 89.3 cm³/mol. The third kappa shape index (κ3) is 3.97. The zero-order chi connectivity index (χ0) is 18.2. The molecular formula is C13H20N2O6S3. The molecule has 24 heavy (non-hydrogen) atoms. The van der Waals surface area contributed by atoms with Crippen LogP contribution in [0.1, 0.15) is 6.92 Å². The van der Waals surface area contributed by atoms with Crippen LogP contribution in [0.15, 0.2) is 34.1 Å². The summed E-state index contributed by atoms with van der Waals surface area (Å²) in [7, 11) is -10.5. The smallest absolute Gasteiger partial charge is 0.224 e. The van der Waals surface area contributed by atoms with Crippen LogP contribution >= 0.6 is 0 Å². The van der Waals surface area contributed by atoms with Crippen LogP contribution in [0.5, 0.6) is 0 Å². The lowest BCUT2D eigenvalue weighted by atomic mass is 10.4. The predicted octanol–water partition coefficient (Wildman–Crippen LogP) is -0.254. The molecule has 11 heteroatoms. The van der Waals surface area contributed by atoms with Gasteiger partial charge in [-0.1, -0.05) is 0 Å². The molecule has 1 aliphatic heterocycles.